The van der Waals surface area contributed by atoms with Gasteiger partial charge in [-0.1, -0.05) is 65.7 Å². The van der Waals surface area contributed by atoms with Gasteiger partial charge in [-0.25, -0.2) is 10.4 Å². The highest BCUT2D eigenvalue weighted by Crippen LogP contribution is 2.26. The van der Waals surface area contributed by atoms with Crippen molar-refractivity contribution in [1.82, 2.24) is 10.4 Å². The molecule has 0 unspecified atom stereocenters. The molecule has 4 nitrogen and oxygen atoms in total. The molecule has 0 aliphatic rings. The molecule has 0 aliphatic heterocycles. The van der Waals surface area contributed by atoms with Crippen LogP contribution >= 0.6 is 23.2 Å². The average Bonchev–Trinajstić information content (AvgIpc) is 2.75. The summed E-state index contributed by atoms with van der Waals surface area (Å²) in [5, 5.41) is 6.10. The summed E-state index contributed by atoms with van der Waals surface area (Å²) in [6.45, 7) is 0. The van der Waals surface area contributed by atoms with E-state index in [4.69, 9.17) is 23.2 Å². The van der Waals surface area contributed by atoms with E-state index < -0.39 is 0 Å². The standard InChI is InChI=1S/C23H15Cl2N3O/c24-17-9-5-15(6-10-17)14-26-28-23(29)20-13-22(16-7-11-18(25)12-8-16)27-21-4-2-1-3-19(20)21/h1-14H,(H,28,29)/b26-14+. The Hall–Kier alpha value is -3.21. The quantitative estimate of drug-likeness (QED) is 0.327. The molecule has 4 rings (SSSR count). The number of hydrazone groups is 1. The number of benzene rings is 3. The third-order valence-electron chi connectivity index (χ3n) is 4.35. The Morgan fingerprint density at radius 3 is 2.28 bits per heavy atom. The lowest BCUT2D eigenvalue weighted by atomic mass is 10.0. The minimum atomic E-state index is -0.316. The SMILES string of the molecule is O=C(N/N=C/c1ccc(Cl)cc1)c1cc(-c2ccc(Cl)cc2)nc2ccccc12. The van der Waals surface area contributed by atoms with E-state index in [9.17, 15) is 4.79 Å². The monoisotopic (exact) mass is 419 g/mol. The number of pyridine rings is 1. The number of hydrogen-bond acceptors (Lipinski definition) is 3. The van der Waals surface area contributed by atoms with E-state index in [2.05, 4.69) is 15.5 Å². The lowest BCUT2D eigenvalue weighted by Gasteiger charge is -2.09. The largest absolute Gasteiger partial charge is 0.272 e. The first-order valence-electron chi connectivity index (χ1n) is 8.85. The molecule has 1 amide bonds. The highest BCUT2D eigenvalue weighted by atomic mass is 35.5. The Morgan fingerprint density at radius 2 is 1.55 bits per heavy atom. The minimum Gasteiger partial charge on any atom is -0.267 e. The van der Waals surface area contributed by atoms with E-state index in [1.54, 1.807) is 36.5 Å². The lowest BCUT2D eigenvalue weighted by molar-refractivity contribution is 0.0957. The van der Waals surface area contributed by atoms with Crippen LogP contribution in [0.2, 0.25) is 10.0 Å². The van der Waals surface area contributed by atoms with Crippen LogP contribution in [0.25, 0.3) is 22.2 Å². The third-order valence-corrected chi connectivity index (χ3v) is 4.85. The molecule has 1 N–H and O–H groups in total. The van der Waals surface area contributed by atoms with Crippen molar-refractivity contribution in [2.75, 3.05) is 0 Å². The van der Waals surface area contributed by atoms with Gasteiger partial charge in [-0.2, -0.15) is 5.10 Å². The summed E-state index contributed by atoms with van der Waals surface area (Å²) in [6, 6.07) is 23.8. The van der Waals surface area contributed by atoms with Gasteiger partial charge in [0.15, 0.2) is 0 Å². The summed E-state index contributed by atoms with van der Waals surface area (Å²) in [5.41, 5.74) is 6.20. The van der Waals surface area contributed by atoms with Gasteiger partial charge in [-0.3, -0.25) is 4.79 Å². The first-order valence-corrected chi connectivity index (χ1v) is 9.60. The van der Waals surface area contributed by atoms with Crippen LogP contribution in [0.4, 0.5) is 0 Å². The summed E-state index contributed by atoms with van der Waals surface area (Å²) < 4.78 is 0. The Bertz CT molecular complexity index is 1200. The molecule has 1 heterocycles. The first kappa shape index (κ1) is 19.1. The summed E-state index contributed by atoms with van der Waals surface area (Å²) in [6.07, 6.45) is 1.57. The number of amides is 1. The summed E-state index contributed by atoms with van der Waals surface area (Å²) in [7, 11) is 0. The molecule has 0 radical (unpaired) electrons. The number of carbonyl (C=O) groups is 1. The van der Waals surface area contributed by atoms with E-state index in [-0.39, 0.29) is 5.91 Å². The highest BCUT2D eigenvalue weighted by Gasteiger charge is 2.13. The highest BCUT2D eigenvalue weighted by molar-refractivity contribution is 6.30. The molecule has 0 saturated carbocycles. The van der Waals surface area contributed by atoms with Gasteiger partial charge in [0.05, 0.1) is 23.0 Å². The molecule has 0 bridgehead atoms. The number of aromatic nitrogens is 1. The van der Waals surface area contributed by atoms with Crippen LogP contribution in [-0.2, 0) is 0 Å². The van der Waals surface area contributed by atoms with Crippen molar-refractivity contribution in [3.05, 3.63) is 100 Å². The zero-order valence-electron chi connectivity index (χ0n) is 15.1. The van der Waals surface area contributed by atoms with Crippen LogP contribution in [-0.4, -0.2) is 17.1 Å². The Kier molecular flexibility index (Phi) is 5.56. The summed E-state index contributed by atoms with van der Waals surface area (Å²) in [4.78, 5) is 17.5. The zero-order chi connectivity index (χ0) is 20.2. The van der Waals surface area contributed by atoms with Crippen molar-refractivity contribution in [2.45, 2.75) is 0 Å². The maximum atomic E-state index is 12.8. The average molecular weight is 420 g/mol. The molecule has 142 valence electrons. The van der Waals surface area contributed by atoms with E-state index in [1.807, 2.05) is 48.5 Å². The van der Waals surface area contributed by atoms with Crippen LogP contribution < -0.4 is 5.43 Å². The van der Waals surface area contributed by atoms with Crippen LogP contribution in [0.3, 0.4) is 0 Å². The lowest BCUT2D eigenvalue weighted by Crippen LogP contribution is -2.18. The third kappa shape index (κ3) is 4.45. The molecule has 0 spiro atoms. The number of carbonyl (C=O) groups excluding carboxylic acids is 1. The number of halogens is 2. The predicted octanol–water partition coefficient (Wildman–Crippen LogP) is 5.97. The Balaban J connectivity index is 1.67. The van der Waals surface area contributed by atoms with Crippen molar-refractivity contribution in [1.29, 1.82) is 0 Å². The van der Waals surface area contributed by atoms with E-state index in [0.29, 0.717) is 21.3 Å². The van der Waals surface area contributed by atoms with Gasteiger partial charge >= 0.3 is 0 Å². The van der Waals surface area contributed by atoms with Crippen LogP contribution in [0.15, 0.2) is 84.0 Å². The molecule has 1 aromatic heterocycles. The number of fused-ring (bicyclic) bond motifs is 1. The fourth-order valence-corrected chi connectivity index (χ4v) is 3.16. The molecule has 0 aliphatic carbocycles. The minimum absolute atomic E-state index is 0.316. The Labute approximate surface area is 177 Å². The van der Waals surface area contributed by atoms with Crippen molar-refractivity contribution in [2.24, 2.45) is 5.10 Å². The molecule has 6 heteroatoms. The van der Waals surface area contributed by atoms with E-state index in [1.165, 1.54) is 0 Å². The smallest absolute Gasteiger partial charge is 0.267 e. The number of nitrogens with zero attached hydrogens (tertiary/aromatic N) is 2. The van der Waals surface area contributed by atoms with Gasteiger partial charge in [-0.15, -0.1) is 0 Å². The fourth-order valence-electron chi connectivity index (χ4n) is 2.91. The number of para-hydroxylation sites is 1. The van der Waals surface area contributed by atoms with Gasteiger partial charge in [0.1, 0.15) is 0 Å². The van der Waals surface area contributed by atoms with Crippen LogP contribution in [0.1, 0.15) is 15.9 Å². The van der Waals surface area contributed by atoms with Crippen molar-refractivity contribution in [3.63, 3.8) is 0 Å². The molecule has 29 heavy (non-hydrogen) atoms. The van der Waals surface area contributed by atoms with Gasteiger partial charge < -0.3 is 0 Å². The molecule has 3 aromatic carbocycles. The number of nitrogens with one attached hydrogen (secondary N) is 1. The van der Waals surface area contributed by atoms with Gasteiger partial charge in [0.2, 0.25) is 0 Å². The van der Waals surface area contributed by atoms with Gasteiger partial charge in [0.25, 0.3) is 5.91 Å². The number of rotatable bonds is 4. The van der Waals surface area contributed by atoms with Crippen molar-refractivity contribution >= 4 is 46.2 Å². The Morgan fingerprint density at radius 1 is 0.897 bits per heavy atom. The first-order chi connectivity index (χ1) is 14.1. The normalized spacial score (nSPS) is 11.1. The predicted molar refractivity (Wildman–Crippen MR) is 119 cm³/mol. The van der Waals surface area contributed by atoms with Crippen LogP contribution in [0, 0.1) is 0 Å². The molecule has 0 saturated heterocycles. The summed E-state index contributed by atoms with van der Waals surface area (Å²) >= 11 is 11.9. The number of hydrogen-bond donors (Lipinski definition) is 1. The maximum Gasteiger partial charge on any atom is 0.272 e. The second-order valence-corrected chi connectivity index (χ2v) is 7.20. The van der Waals surface area contributed by atoms with Crippen LogP contribution in [0.5, 0.6) is 0 Å². The topological polar surface area (TPSA) is 54.4 Å². The molecular weight excluding hydrogens is 405 g/mol. The van der Waals surface area contributed by atoms with E-state index in [0.717, 1.165) is 22.0 Å². The van der Waals surface area contributed by atoms with E-state index >= 15 is 0 Å². The molecule has 4 aromatic rings. The van der Waals surface area contributed by atoms with Gasteiger partial charge in [0, 0.05) is 21.0 Å². The fraction of sp³-hybridized carbons (Fsp3) is 0. The summed E-state index contributed by atoms with van der Waals surface area (Å²) in [5.74, 6) is -0.316. The zero-order valence-corrected chi connectivity index (χ0v) is 16.7. The second kappa shape index (κ2) is 8.43. The molecular formula is C23H15Cl2N3O. The van der Waals surface area contributed by atoms with Crippen molar-refractivity contribution < 1.29 is 4.79 Å². The molecule has 0 fully saturated rings. The molecule has 0 atom stereocenters. The van der Waals surface area contributed by atoms with Gasteiger partial charge in [-0.05, 0) is 42.0 Å². The van der Waals surface area contributed by atoms with Crippen molar-refractivity contribution in [3.8, 4) is 11.3 Å². The second-order valence-electron chi connectivity index (χ2n) is 6.33. The maximum absolute atomic E-state index is 12.8.